The van der Waals surface area contributed by atoms with E-state index in [0.717, 1.165) is 0 Å². The molecular formula is C6H5ORb. The van der Waals surface area contributed by atoms with Crippen LogP contribution >= 0.6 is 0 Å². The summed E-state index contributed by atoms with van der Waals surface area (Å²) in [6.07, 6.45) is 0. The van der Waals surface area contributed by atoms with Crippen LogP contribution in [-0.4, -0.2) is 0 Å². The van der Waals surface area contributed by atoms with Crippen molar-refractivity contribution >= 4 is 0 Å². The number of benzene rings is 1. The summed E-state index contributed by atoms with van der Waals surface area (Å²) in [6, 6.07) is 8.33. The Bertz CT molecular complexity index is 138. The van der Waals surface area contributed by atoms with Crippen molar-refractivity contribution in [1.29, 1.82) is 0 Å². The van der Waals surface area contributed by atoms with Gasteiger partial charge in [0.15, 0.2) is 0 Å². The average molecular weight is 179 g/mol. The SMILES string of the molecule is [O-]c1ccccc1.[Rb+]. The van der Waals surface area contributed by atoms with Crippen LogP contribution in [0.4, 0.5) is 0 Å². The quantitative estimate of drug-likeness (QED) is 0.441. The van der Waals surface area contributed by atoms with Gasteiger partial charge < -0.3 is 5.11 Å². The Morgan fingerprint density at radius 3 is 1.75 bits per heavy atom. The van der Waals surface area contributed by atoms with Gasteiger partial charge in [-0.25, -0.2) is 0 Å². The minimum Gasteiger partial charge on any atom is -0.872 e. The minimum absolute atomic E-state index is 0. The first-order valence-corrected chi connectivity index (χ1v) is 2.11. The smallest absolute Gasteiger partial charge is 0.872 e. The standard InChI is InChI=1S/C6H6O.Rb/c7-6-4-2-1-3-5-6;/h1-5,7H;/q;+1/p-1. The Hall–Kier alpha value is 0.825. The third kappa shape index (κ3) is 2.97. The summed E-state index contributed by atoms with van der Waals surface area (Å²) in [6.45, 7) is 0. The first kappa shape index (κ1) is 8.83. The van der Waals surface area contributed by atoms with Crippen molar-refractivity contribution in [3.8, 4) is 5.75 Å². The zero-order valence-corrected chi connectivity index (χ0v) is 9.71. The normalized spacial score (nSPS) is 7.50. The van der Waals surface area contributed by atoms with Crippen LogP contribution in [0.2, 0.25) is 0 Å². The van der Waals surface area contributed by atoms with Crippen molar-refractivity contribution in [2.75, 3.05) is 0 Å². The average Bonchev–Trinajstić information content (AvgIpc) is 1.69. The van der Waals surface area contributed by atoms with Gasteiger partial charge in [0.05, 0.1) is 0 Å². The zero-order valence-electron chi connectivity index (χ0n) is 4.79. The molecule has 1 nitrogen and oxygen atoms in total. The van der Waals surface area contributed by atoms with Gasteiger partial charge in [-0.15, -0.1) is 5.75 Å². The van der Waals surface area contributed by atoms with E-state index in [-0.39, 0.29) is 63.9 Å². The molecule has 0 saturated carbocycles. The van der Waals surface area contributed by atoms with Gasteiger partial charge in [-0.1, -0.05) is 30.3 Å². The van der Waals surface area contributed by atoms with Crippen LogP contribution in [0, 0.1) is 0 Å². The van der Waals surface area contributed by atoms with E-state index in [1.54, 1.807) is 12.1 Å². The molecule has 0 unspecified atom stereocenters. The summed E-state index contributed by atoms with van der Waals surface area (Å²) in [7, 11) is 0. The fourth-order valence-corrected chi connectivity index (χ4v) is 0.420. The zero-order chi connectivity index (χ0) is 5.11. The van der Waals surface area contributed by atoms with Gasteiger partial charge in [0.2, 0.25) is 0 Å². The maximum absolute atomic E-state index is 10.3. The van der Waals surface area contributed by atoms with Gasteiger partial charge in [-0.2, -0.15) is 0 Å². The molecule has 1 aromatic carbocycles. The summed E-state index contributed by atoms with van der Waals surface area (Å²) in [5, 5.41) is 10.3. The Morgan fingerprint density at radius 2 is 1.50 bits per heavy atom. The topological polar surface area (TPSA) is 23.1 Å². The summed E-state index contributed by atoms with van der Waals surface area (Å²) in [5.41, 5.74) is 0. The van der Waals surface area contributed by atoms with Crippen molar-refractivity contribution < 1.29 is 63.3 Å². The number of hydrogen-bond acceptors (Lipinski definition) is 1. The largest absolute Gasteiger partial charge is 1.00 e. The van der Waals surface area contributed by atoms with E-state index in [0.29, 0.717) is 0 Å². The van der Waals surface area contributed by atoms with Crippen molar-refractivity contribution in [2.45, 2.75) is 0 Å². The maximum atomic E-state index is 10.3. The molecule has 0 radical (unpaired) electrons. The van der Waals surface area contributed by atoms with Gasteiger partial charge in [0, 0.05) is 0 Å². The fourth-order valence-electron chi connectivity index (χ4n) is 0.420. The van der Waals surface area contributed by atoms with E-state index < -0.39 is 0 Å². The van der Waals surface area contributed by atoms with Crippen molar-refractivity contribution in [3.63, 3.8) is 0 Å². The molecule has 0 N–H and O–H groups in total. The first-order valence-electron chi connectivity index (χ1n) is 2.11. The molecule has 0 fully saturated rings. The molecule has 1 aromatic rings. The summed E-state index contributed by atoms with van der Waals surface area (Å²) < 4.78 is 0. The minimum atomic E-state index is 0. The number of para-hydroxylation sites is 1. The van der Waals surface area contributed by atoms with Gasteiger partial charge in [0.25, 0.3) is 0 Å². The molecule has 0 atom stereocenters. The molecule has 8 heavy (non-hydrogen) atoms. The van der Waals surface area contributed by atoms with Gasteiger partial charge in [-0.3, -0.25) is 0 Å². The maximum Gasteiger partial charge on any atom is 1.00 e. The van der Waals surface area contributed by atoms with Crippen LogP contribution in [0.25, 0.3) is 0 Å². The monoisotopic (exact) mass is 178 g/mol. The molecule has 0 saturated heterocycles. The molecule has 2 heteroatoms. The van der Waals surface area contributed by atoms with Crippen LogP contribution in [0.5, 0.6) is 5.75 Å². The van der Waals surface area contributed by atoms with E-state index in [4.69, 9.17) is 0 Å². The Labute approximate surface area is 97.5 Å². The molecule has 0 spiro atoms. The van der Waals surface area contributed by atoms with Crippen LogP contribution in [0.15, 0.2) is 30.3 Å². The van der Waals surface area contributed by atoms with Crippen LogP contribution in [0.3, 0.4) is 0 Å². The predicted molar refractivity (Wildman–Crippen MR) is 25.9 cm³/mol. The molecule has 0 heterocycles. The van der Waals surface area contributed by atoms with Gasteiger partial charge in [0.1, 0.15) is 0 Å². The second kappa shape index (κ2) is 4.68. The van der Waals surface area contributed by atoms with Crippen molar-refractivity contribution in [1.82, 2.24) is 0 Å². The summed E-state index contributed by atoms with van der Waals surface area (Å²) in [4.78, 5) is 0. The molecule has 36 valence electrons. The molecule has 1 rings (SSSR count). The second-order valence-electron chi connectivity index (χ2n) is 1.31. The number of hydrogen-bond donors (Lipinski definition) is 0. The van der Waals surface area contributed by atoms with E-state index in [9.17, 15) is 5.11 Å². The van der Waals surface area contributed by atoms with Crippen molar-refractivity contribution in [2.24, 2.45) is 0 Å². The van der Waals surface area contributed by atoms with Gasteiger partial charge in [-0.05, 0) is 0 Å². The molecular weight excluding hydrogens is 174 g/mol. The third-order valence-corrected chi connectivity index (χ3v) is 0.743. The third-order valence-electron chi connectivity index (χ3n) is 0.743. The molecule has 0 aliphatic carbocycles. The van der Waals surface area contributed by atoms with E-state index in [1.165, 1.54) is 12.1 Å². The number of rotatable bonds is 0. The summed E-state index contributed by atoms with van der Waals surface area (Å²) >= 11 is 0. The van der Waals surface area contributed by atoms with Crippen LogP contribution in [0.1, 0.15) is 0 Å². The molecule has 0 aliphatic heterocycles. The van der Waals surface area contributed by atoms with Crippen molar-refractivity contribution in [3.05, 3.63) is 30.3 Å². The second-order valence-corrected chi connectivity index (χ2v) is 1.31. The summed E-state index contributed by atoms with van der Waals surface area (Å²) in [5.74, 6) is 0.0718. The fraction of sp³-hybridized carbons (Fsp3) is 0. The Morgan fingerprint density at radius 1 is 1.00 bits per heavy atom. The van der Waals surface area contributed by atoms with Gasteiger partial charge >= 0.3 is 58.2 Å². The predicted octanol–water partition coefficient (Wildman–Crippen LogP) is -2.24. The van der Waals surface area contributed by atoms with Crippen LogP contribution < -0.4 is 63.3 Å². The molecule has 0 amide bonds. The van der Waals surface area contributed by atoms with Crippen LogP contribution in [-0.2, 0) is 0 Å². The molecule has 0 aliphatic rings. The Balaban J connectivity index is 0.000000490. The first-order chi connectivity index (χ1) is 3.39. The van der Waals surface area contributed by atoms with E-state index >= 15 is 0 Å². The molecule has 0 bridgehead atoms. The molecule has 0 aromatic heterocycles. The van der Waals surface area contributed by atoms with E-state index in [2.05, 4.69) is 0 Å². The Kier molecular flexibility index (Phi) is 5.16. The van der Waals surface area contributed by atoms with E-state index in [1.807, 2.05) is 6.07 Å².